The first-order chi connectivity index (χ1) is 8.97. The van der Waals surface area contributed by atoms with E-state index >= 15 is 0 Å². The van der Waals surface area contributed by atoms with Gasteiger partial charge in [0, 0.05) is 18.7 Å². The molecule has 7 nitrogen and oxygen atoms in total. The molecule has 1 aromatic rings. The molecule has 1 rings (SSSR count). The van der Waals surface area contributed by atoms with Crippen molar-refractivity contribution in [2.75, 3.05) is 13.7 Å². The Morgan fingerprint density at radius 3 is 2.74 bits per heavy atom. The zero-order valence-electron chi connectivity index (χ0n) is 10.9. The van der Waals surface area contributed by atoms with Gasteiger partial charge in [0.2, 0.25) is 0 Å². The molecule has 104 valence electrons. The summed E-state index contributed by atoms with van der Waals surface area (Å²) in [5.74, 6) is 0. The number of carbonyl (C=O) groups is 1. The predicted octanol–water partition coefficient (Wildman–Crippen LogP) is 1.12. The van der Waals surface area contributed by atoms with Crippen molar-refractivity contribution in [2.45, 2.75) is 19.5 Å². The first kappa shape index (κ1) is 14.9. The smallest absolute Gasteiger partial charge is 0.317 e. The van der Waals surface area contributed by atoms with E-state index in [1.807, 2.05) is 0 Å². The molecule has 0 aliphatic rings. The van der Waals surface area contributed by atoms with E-state index in [1.54, 1.807) is 32.2 Å². The molecule has 0 aromatic heterocycles. The van der Waals surface area contributed by atoms with Crippen LogP contribution in [-0.2, 0) is 6.54 Å². The Bertz CT molecular complexity index is 464. The fraction of sp³-hybridized carbons (Fsp3) is 0.417. The number of nitrogens with one attached hydrogen (secondary N) is 1. The molecule has 1 unspecified atom stereocenters. The molecule has 0 heterocycles. The Balaban J connectivity index is 2.67. The largest absolute Gasteiger partial charge is 0.394 e. The third-order valence-corrected chi connectivity index (χ3v) is 2.86. The zero-order valence-corrected chi connectivity index (χ0v) is 10.9. The van der Waals surface area contributed by atoms with Crippen molar-refractivity contribution in [3.05, 3.63) is 39.9 Å². The summed E-state index contributed by atoms with van der Waals surface area (Å²) in [6.45, 7) is 1.62. The molecule has 1 atom stereocenters. The first-order valence-corrected chi connectivity index (χ1v) is 5.81. The number of hydrogen-bond donors (Lipinski definition) is 2. The van der Waals surface area contributed by atoms with Crippen molar-refractivity contribution in [2.24, 2.45) is 0 Å². The van der Waals surface area contributed by atoms with Crippen LogP contribution in [-0.4, -0.2) is 40.7 Å². The summed E-state index contributed by atoms with van der Waals surface area (Å²) in [7, 11) is 1.55. The number of likely N-dealkylation sites (N-methyl/N-ethyl adjacent to an activating group) is 1. The van der Waals surface area contributed by atoms with Crippen LogP contribution < -0.4 is 5.32 Å². The Morgan fingerprint density at radius 1 is 1.53 bits per heavy atom. The highest BCUT2D eigenvalue weighted by molar-refractivity contribution is 5.74. The van der Waals surface area contributed by atoms with Crippen LogP contribution in [0.25, 0.3) is 0 Å². The minimum Gasteiger partial charge on any atom is -0.394 e. The molecule has 0 aliphatic heterocycles. The summed E-state index contributed by atoms with van der Waals surface area (Å²) in [4.78, 5) is 23.4. The highest BCUT2D eigenvalue weighted by Crippen LogP contribution is 2.17. The van der Waals surface area contributed by atoms with Crippen LogP contribution in [0, 0.1) is 10.1 Å². The molecular weight excluding hydrogens is 250 g/mol. The Morgan fingerprint density at radius 2 is 2.16 bits per heavy atom. The number of carbonyl (C=O) groups excluding carboxylic acids is 1. The van der Waals surface area contributed by atoms with E-state index in [0.29, 0.717) is 5.56 Å². The second-order valence-electron chi connectivity index (χ2n) is 4.19. The molecule has 1 aromatic carbocycles. The van der Waals surface area contributed by atoms with Crippen LogP contribution in [0.5, 0.6) is 0 Å². The first-order valence-electron chi connectivity index (χ1n) is 5.81. The van der Waals surface area contributed by atoms with Gasteiger partial charge in [-0.15, -0.1) is 0 Å². The van der Waals surface area contributed by atoms with Crippen LogP contribution in [0.1, 0.15) is 12.5 Å². The van der Waals surface area contributed by atoms with Crippen molar-refractivity contribution < 1.29 is 14.8 Å². The fourth-order valence-electron chi connectivity index (χ4n) is 1.46. The Labute approximate surface area is 111 Å². The second kappa shape index (κ2) is 6.69. The lowest BCUT2D eigenvalue weighted by molar-refractivity contribution is -0.385. The SMILES string of the molecule is CC(CO)N(C)C(=O)NCc1ccccc1[N+](=O)[O-]. The molecule has 0 radical (unpaired) electrons. The monoisotopic (exact) mass is 267 g/mol. The zero-order chi connectivity index (χ0) is 14.4. The van der Waals surface area contributed by atoms with Crippen molar-refractivity contribution in [1.29, 1.82) is 0 Å². The molecule has 2 amide bonds. The van der Waals surface area contributed by atoms with E-state index < -0.39 is 4.92 Å². The highest BCUT2D eigenvalue weighted by Gasteiger charge is 2.17. The van der Waals surface area contributed by atoms with Gasteiger partial charge in [0.15, 0.2) is 0 Å². The van der Waals surface area contributed by atoms with Gasteiger partial charge < -0.3 is 15.3 Å². The third kappa shape index (κ3) is 3.92. The van der Waals surface area contributed by atoms with Gasteiger partial charge in [0.25, 0.3) is 5.69 Å². The lowest BCUT2D eigenvalue weighted by atomic mass is 10.2. The van der Waals surface area contributed by atoms with E-state index in [4.69, 9.17) is 5.11 Å². The summed E-state index contributed by atoms with van der Waals surface area (Å²) in [6.07, 6.45) is 0. The number of nitro benzene ring substituents is 1. The summed E-state index contributed by atoms with van der Waals surface area (Å²) in [5.41, 5.74) is 0.409. The number of benzene rings is 1. The number of aliphatic hydroxyl groups is 1. The molecule has 2 N–H and O–H groups in total. The van der Waals surface area contributed by atoms with E-state index in [0.717, 1.165) is 0 Å². The summed E-state index contributed by atoms with van der Waals surface area (Å²) in [6, 6.07) is 5.53. The van der Waals surface area contributed by atoms with E-state index in [-0.39, 0.29) is 30.9 Å². The van der Waals surface area contributed by atoms with Gasteiger partial charge in [-0.3, -0.25) is 10.1 Å². The average Bonchev–Trinajstić information content (AvgIpc) is 2.43. The second-order valence-corrected chi connectivity index (χ2v) is 4.19. The predicted molar refractivity (Wildman–Crippen MR) is 69.6 cm³/mol. The molecule has 0 fully saturated rings. The Hall–Kier alpha value is -2.15. The molecular formula is C12H17N3O4. The van der Waals surface area contributed by atoms with Crippen LogP contribution in [0.15, 0.2) is 24.3 Å². The molecule has 0 saturated carbocycles. The topological polar surface area (TPSA) is 95.7 Å². The quantitative estimate of drug-likeness (QED) is 0.617. The van der Waals surface area contributed by atoms with Gasteiger partial charge in [0.05, 0.1) is 24.1 Å². The van der Waals surface area contributed by atoms with E-state index in [1.165, 1.54) is 11.0 Å². The average molecular weight is 267 g/mol. The molecule has 0 saturated heterocycles. The highest BCUT2D eigenvalue weighted by atomic mass is 16.6. The van der Waals surface area contributed by atoms with Crippen molar-refractivity contribution in [3.8, 4) is 0 Å². The van der Waals surface area contributed by atoms with Gasteiger partial charge in [-0.2, -0.15) is 0 Å². The van der Waals surface area contributed by atoms with Crippen LogP contribution >= 0.6 is 0 Å². The van der Waals surface area contributed by atoms with E-state index in [9.17, 15) is 14.9 Å². The van der Waals surface area contributed by atoms with Gasteiger partial charge in [0.1, 0.15) is 0 Å². The number of aliphatic hydroxyl groups excluding tert-OH is 1. The molecule has 0 spiro atoms. The summed E-state index contributed by atoms with van der Waals surface area (Å²) in [5, 5.41) is 22.3. The lowest BCUT2D eigenvalue weighted by Crippen LogP contribution is -2.43. The van der Waals surface area contributed by atoms with Crippen molar-refractivity contribution >= 4 is 11.7 Å². The summed E-state index contributed by atoms with van der Waals surface area (Å²) < 4.78 is 0. The number of nitro groups is 1. The maximum atomic E-state index is 11.7. The Kier molecular flexibility index (Phi) is 5.25. The summed E-state index contributed by atoms with van der Waals surface area (Å²) >= 11 is 0. The normalized spacial score (nSPS) is 11.7. The number of para-hydroxylation sites is 1. The maximum absolute atomic E-state index is 11.7. The van der Waals surface area contributed by atoms with Crippen molar-refractivity contribution in [1.82, 2.24) is 10.2 Å². The number of hydrogen-bond acceptors (Lipinski definition) is 4. The molecule has 19 heavy (non-hydrogen) atoms. The van der Waals surface area contributed by atoms with Gasteiger partial charge in [-0.25, -0.2) is 4.79 Å². The number of urea groups is 1. The number of nitrogens with zero attached hydrogens (tertiary/aromatic N) is 2. The van der Waals surface area contributed by atoms with Crippen molar-refractivity contribution in [3.63, 3.8) is 0 Å². The van der Waals surface area contributed by atoms with Gasteiger partial charge >= 0.3 is 6.03 Å². The maximum Gasteiger partial charge on any atom is 0.317 e. The van der Waals surface area contributed by atoms with Crippen LogP contribution in [0.2, 0.25) is 0 Å². The number of rotatable bonds is 5. The lowest BCUT2D eigenvalue weighted by Gasteiger charge is -2.23. The van der Waals surface area contributed by atoms with Gasteiger partial charge in [-0.05, 0) is 6.92 Å². The minimum absolute atomic E-state index is 0.0272. The van der Waals surface area contributed by atoms with Gasteiger partial charge in [-0.1, -0.05) is 18.2 Å². The van der Waals surface area contributed by atoms with Crippen LogP contribution in [0.4, 0.5) is 10.5 Å². The third-order valence-electron chi connectivity index (χ3n) is 2.86. The molecule has 7 heteroatoms. The molecule has 0 bridgehead atoms. The van der Waals surface area contributed by atoms with E-state index in [2.05, 4.69) is 5.32 Å². The number of amides is 2. The standard InChI is InChI=1S/C12H17N3O4/c1-9(8-16)14(2)12(17)13-7-10-5-3-4-6-11(10)15(18)19/h3-6,9,16H,7-8H2,1-2H3,(H,13,17). The minimum atomic E-state index is -0.485. The van der Waals surface area contributed by atoms with Crippen LogP contribution in [0.3, 0.4) is 0 Å². The fourth-order valence-corrected chi connectivity index (χ4v) is 1.46. The molecule has 0 aliphatic carbocycles.